The van der Waals surface area contributed by atoms with E-state index in [1.165, 1.54) is 65.7 Å². The first kappa shape index (κ1) is 27.7. The lowest BCUT2D eigenvalue weighted by molar-refractivity contribution is 0.670. The summed E-state index contributed by atoms with van der Waals surface area (Å²) in [6.45, 7) is 0. The molecule has 1 heterocycles. The first-order valence-corrected chi connectivity index (χ1v) is 16.9. The van der Waals surface area contributed by atoms with Crippen LogP contribution in [0.15, 0.2) is 186 Å². The lowest BCUT2D eigenvalue weighted by Crippen LogP contribution is -1.93. The fourth-order valence-electron chi connectivity index (χ4n) is 7.90. The smallest absolute Gasteiger partial charge is 0.143 e. The SMILES string of the molecule is c1ccc(-c2ccc(-c3c4ccccc4c(-c4ccccc4-c4ccc5ccccc5c4)c4ccccc34)c3c2oc2ccccc23)cc1. The molecule has 0 unspecified atom stereocenters. The maximum Gasteiger partial charge on any atom is 0.143 e. The molecule has 0 aliphatic heterocycles. The number of hydrogen-bond donors (Lipinski definition) is 0. The number of benzene rings is 9. The second-order valence-electron chi connectivity index (χ2n) is 12.8. The lowest BCUT2D eigenvalue weighted by atomic mass is 9.82. The van der Waals surface area contributed by atoms with Crippen molar-refractivity contribution in [1.29, 1.82) is 0 Å². The van der Waals surface area contributed by atoms with Gasteiger partial charge in [0, 0.05) is 16.3 Å². The van der Waals surface area contributed by atoms with Crippen molar-refractivity contribution in [3.63, 3.8) is 0 Å². The highest BCUT2D eigenvalue weighted by Crippen LogP contribution is 2.49. The molecule has 1 heteroatoms. The molecule has 49 heavy (non-hydrogen) atoms. The van der Waals surface area contributed by atoms with Crippen molar-refractivity contribution in [2.24, 2.45) is 0 Å². The zero-order valence-electron chi connectivity index (χ0n) is 26.7. The van der Waals surface area contributed by atoms with Crippen LogP contribution in [0.4, 0.5) is 0 Å². The number of rotatable bonds is 4. The Hall–Kier alpha value is -6.44. The van der Waals surface area contributed by atoms with E-state index in [-0.39, 0.29) is 0 Å². The minimum atomic E-state index is 0.900. The van der Waals surface area contributed by atoms with Crippen LogP contribution in [0.25, 0.3) is 98.8 Å². The van der Waals surface area contributed by atoms with Gasteiger partial charge in [0.15, 0.2) is 0 Å². The minimum absolute atomic E-state index is 0.900. The van der Waals surface area contributed by atoms with E-state index in [4.69, 9.17) is 4.42 Å². The summed E-state index contributed by atoms with van der Waals surface area (Å²) in [5.41, 5.74) is 11.4. The van der Waals surface area contributed by atoms with Crippen molar-refractivity contribution >= 4 is 54.3 Å². The summed E-state index contributed by atoms with van der Waals surface area (Å²) >= 11 is 0. The molecule has 0 saturated heterocycles. The monoisotopic (exact) mass is 622 g/mol. The van der Waals surface area contributed by atoms with E-state index in [9.17, 15) is 0 Å². The predicted molar refractivity (Wildman–Crippen MR) is 208 cm³/mol. The molecular formula is C48H30O. The van der Waals surface area contributed by atoms with Crippen molar-refractivity contribution in [2.75, 3.05) is 0 Å². The number of para-hydroxylation sites is 1. The largest absolute Gasteiger partial charge is 0.455 e. The third-order valence-electron chi connectivity index (χ3n) is 10.1. The molecule has 9 aromatic carbocycles. The Morgan fingerprint density at radius 2 is 0.837 bits per heavy atom. The van der Waals surface area contributed by atoms with Gasteiger partial charge in [-0.15, -0.1) is 0 Å². The summed E-state index contributed by atoms with van der Waals surface area (Å²) in [5.74, 6) is 0. The van der Waals surface area contributed by atoms with E-state index in [0.717, 1.165) is 33.1 Å². The summed E-state index contributed by atoms with van der Waals surface area (Å²) in [6, 6.07) is 65.7. The van der Waals surface area contributed by atoms with Crippen LogP contribution in [-0.2, 0) is 0 Å². The number of hydrogen-bond acceptors (Lipinski definition) is 1. The van der Waals surface area contributed by atoms with Gasteiger partial charge < -0.3 is 4.42 Å². The number of furan rings is 1. The summed E-state index contributed by atoms with van der Waals surface area (Å²) < 4.78 is 6.71. The molecule has 0 fully saturated rings. The molecule has 0 saturated carbocycles. The van der Waals surface area contributed by atoms with Crippen LogP contribution < -0.4 is 0 Å². The van der Waals surface area contributed by atoms with Crippen molar-refractivity contribution in [1.82, 2.24) is 0 Å². The lowest BCUT2D eigenvalue weighted by Gasteiger charge is -2.20. The minimum Gasteiger partial charge on any atom is -0.455 e. The van der Waals surface area contributed by atoms with Crippen LogP contribution >= 0.6 is 0 Å². The zero-order valence-corrected chi connectivity index (χ0v) is 26.7. The third-order valence-corrected chi connectivity index (χ3v) is 10.1. The quantitative estimate of drug-likeness (QED) is 0.178. The fraction of sp³-hybridized carbons (Fsp3) is 0. The molecule has 228 valence electrons. The Bertz CT molecular complexity index is 2820. The molecule has 0 aliphatic carbocycles. The van der Waals surface area contributed by atoms with Crippen LogP contribution in [0, 0.1) is 0 Å². The van der Waals surface area contributed by atoms with Crippen LogP contribution in [0.2, 0.25) is 0 Å². The Balaban J connectivity index is 1.31. The van der Waals surface area contributed by atoms with Crippen molar-refractivity contribution < 1.29 is 4.42 Å². The van der Waals surface area contributed by atoms with Crippen LogP contribution in [0.1, 0.15) is 0 Å². The molecule has 0 bridgehead atoms. The Morgan fingerprint density at radius 3 is 1.55 bits per heavy atom. The van der Waals surface area contributed by atoms with Crippen LogP contribution in [-0.4, -0.2) is 0 Å². The van der Waals surface area contributed by atoms with Gasteiger partial charge in [0.2, 0.25) is 0 Å². The molecular weight excluding hydrogens is 593 g/mol. The maximum absolute atomic E-state index is 6.71. The molecule has 10 rings (SSSR count). The average molecular weight is 623 g/mol. The Labute approximate surface area is 284 Å². The van der Waals surface area contributed by atoms with Crippen LogP contribution in [0.3, 0.4) is 0 Å². The second-order valence-corrected chi connectivity index (χ2v) is 12.8. The molecule has 0 N–H and O–H groups in total. The molecule has 1 nitrogen and oxygen atoms in total. The molecule has 0 spiro atoms. The Morgan fingerprint density at radius 1 is 0.306 bits per heavy atom. The first-order valence-electron chi connectivity index (χ1n) is 16.9. The average Bonchev–Trinajstić information content (AvgIpc) is 3.57. The van der Waals surface area contributed by atoms with E-state index in [0.29, 0.717) is 0 Å². The van der Waals surface area contributed by atoms with Gasteiger partial charge in [0.05, 0.1) is 0 Å². The van der Waals surface area contributed by atoms with Gasteiger partial charge in [-0.05, 0) is 89.5 Å². The van der Waals surface area contributed by atoms with Crippen molar-refractivity contribution in [3.8, 4) is 44.5 Å². The molecule has 0 amide bonds. The zero-order chi connectivity index (χ0) is 32.3. The molecule has 10 aromatic rings. The van der Waals surface area contributed by atoms with E-state index < -0.39 is 0 Å². The molecule has 0 radical (unpaired) electrons. The highest BCUT2D eigenvalue weighted by molar-refractivity contribution is 6.27. The normalized spacial score (nSPS) is 11.7. The van der Waals surface area contributed by atoms with Crippen molar-refractivity contribution in [2.45, 2.75) is 0 Å². The van der Waals surface area contributed by atoms with Crippen molar-refractivity contribution in [3.05, 3.63) is 182 Å². The summed E-state index contributed by atoms with van der Waals surface area (Å²) in [5, 5.41) is 9.69. The third kappa shape index (κ3) is 4.33. The fourth-order valence-corrected chi connectivity index (χ4v) is 7.90. The summed E-state index contributed by atoms with van der Waals surface area (Å²) in [6.07, 6.45) is 0. The second kappa shape index (κ2) is 11.1. The molecule has 0 atom stereocenters. The van der Waals surface area contributed by atoms with Gasteiger partial charge in [-0.1, -0.05) is 164 Å². The first-order chi connectivity index (χ1) is 24.3. The van der Waals surface area contributed by atoms with E-state index in [1.807, 2.05) is 0 Å². The van der Waals surface area contributed by atoms with E-state index in [1.54, 1.807) is 0 Å². The molecule has 1 aromatic heterocycles. The van der Waals surface area contributed by atoms with Crippen LogP contribution in [0.5, 0.6) is 0 Å². The molecule has 0 aliphatic rings. The van der Waals surface area contributed by atoms with Gasteiger partial charge in [-0.2, -0.15) is 0 Å². The standard InChI is InChI=1S/C48H30O/c1-2-15-32(16-3-1)36-28-29-43(47-42-24-12-13-25-44(42)49-48(36)47)46-40-22-10-8-20-38(40)45(39-21-9-11-23-41(39)46)37-19-7-6-18-35(37)34-27-26-31-14-4-5-17-33(31)30-34/h1-30H. The maximum atomic E-state index is 6.71. The Kier molecular flexibility index (Phi) is 6.25. The summed E-state index contributed by atoms with van der Waals surface area (Å²) in [4.78, 5) is 0. The highest BCUT2D eigenvalue weighted by atomic mass is 16.3. The predicted octanol–water partition coefficient (Wildman–Crippen LogP) is 13.7. The number of fused-ring (bicyclic) bond motifs is 6. The van der Waals surface area contributed by atoms with Gasteiger partial charge in [-0.3, -0.25) is 0 Å². The topological polar surface area (TPSA) is 13.1 Å². The van der Waals surface area contributed by atoms with E-state index in [2.05, 4.69) is 182 Å². The van der Waals surface area contributed by atoms with Gasteiger partial charge in [0.25, 0.3) is 0 Å². The van der Waals surface area contributed by atoms with Gasteiger partial charge in [0.1, 0.15) is 11.2 Å². The van der Waals surface area contributed by atoms with Gasteiger partial charge in [-0.25, -0.2) is 0 Å². The van der Waals surface area contributed by atoms with Gasteiger partial charge >= 0.3 is 0 Å². The highest BCUT2D eigenvalue weighted by Gasteiger charge is 2.23. The summed E-state index contributed by atoms with van der Waals surface area (Å²) in [7, 11) is 0. The van der Waals surface area contributed by atoms with E-state index >= 15 is 0 Å².